The van der Waals surface area contributed by atoms with Crippen molar-refractivity contribution in [2.45, 2.75) is 58.9 Å². The van der Waals surface area contributed by atoms with E-state index in [4.69, 9.17) is 5.73 Å². The smallest absolute Gasteiger partial charge is 0.0115 e. The van der Waals surface area contributed by atoms with Crippen molar-refractivity contribution < 1.29 is 0 Å². The van der Waals surface area contributed by atoms with Crippen molar-refractivity contribution in [3.63, 3.8) is 0 Å². The summed E-state index contributed by atoms with van der Waals surface area (Å²) in [6, 6.07) is 0.393. The van der Waals surface area contributed by atoms with Crippen molar-refractivity contribution >= 4 is 0 Å². The zero-order valence-corrected chi connectivity index (χ0v) is 11.9. The van der Waals surface area contributed by atoms with Crippen LogP contribution >= 0.6 is 0 Å². The van der Waals surface area contributed by atoms with Gasteiger partial charge in [0.05, 0.1) is 0 Å². The summed E-state index contributed by atoms with van der Waals surface area (Å²) < 4.78 is 0. The van der Waals surface area contributed by atoms with Crippen molar-refractivity contribution in [2.75, 3.05) is 19.6 Å². The van der Waals surface area contributed by atoms with Crippen LogP contribution in [0.5, 0.6) is 0 Å². The van der Waals surface area contributed by atoms with Crippen molar-refractivity contribution in [2.24, 2.45) is 23.0 Å². The van der Waals surface area contributed by atoms with Crippen molar-refractivity contribution in [3.05, 3.63) is 0 Å². The molecule has 17 heavy (non-hydrogen) atoms. The van der Waals surface area contributed by atoms with Gasteiger partial charge in [-0.25, -0.2) is 0 Å². The van der Waals surface area contributed by atoms with E-state index in [1.807, 2.05) is 0 Å². The number of nitrogens with two attached hydrogens (primary N) is 1. The maximum Gasteiger partial charge on any atom is 0.0115 e. The number of hydrogen-bond donors (Lipinski definition) is 1. The first-order valence-corrected chi connectivity index (χ1v) is 7.45. The van der Waals surface area contributed by atoms with Crippen LogP contribution in [0.1, 0.15) is 52.9 Å². The van der Waals surface area contributed by atoms with Gasteiger partial charge in [-0.2, -0.15) is 0 Å². The molecule has 100 valence electrons. The van der Waals surface area contributed by atoms with Gasteiger partial charge in [0.25, 0.3) is 0 Å². The van der Waals surface area contributed by atoms with Gasteiger partial charge in [-0.05, 0) is 43.1 Å². The maximum absolute atomic E-state index is 6.20. The quantitative estimate of drug-likeness (QED) is 0.801. The fourth-order valence-electron chi connectivity index (χ4n) is 3.73. The second kappa shape index (κ2) is 5.27. The van der Waals surface area contributed by atoms with E-state index in [9.17, 15) is 0 Å². The van der Waals surface area contributed by atoms with Gasteiger partial charge in [0.2, 0.25) is 0 Å². The highest BCUT2D eigenvalue weighted by Crippen LogP contribution is 2.32. The highest BCUT2D eigenvalue weighted by Gasteiger charge is 2.34. The van der Waals surface area contributed by atoms with Gasteiger partial charge in [0.15, 0.2) is 0 Å². The van der Waals surface area contributed by atoms with Crippen LogP contribution in [0, 0.1) is 17.3 Å². The van der Waals surface area contributed by atoms with E-state index in [1.54, 1.807) is 0 Å². The molecular formula is C15H30N2. The van der Waals surface area contributed by atoms with Gasteiger partial charge in [0, 0.05) is 19.1 Å². The molecule has 1 aliphatic carbocycles. The molecule has 0 aromatic rings. The van der Waals surface area contributed by atoms with Crippen molar-refractivity contribution in [3.8, 4) is 0 Å². The molecule has 1 aliphatic heterocycles. The molecule has 1 saturated carbocycles. The number of piperidine rings is 1. The highest BCUT2D eigenvalue weighted by molar-refractivity contribution is 4.90. The zero-order valence-electron chi connectivity index (χ0n) is 11.9. The van der Waals surface area contributed by atoms with Gasteiger partial charge in [-0.3, -0.25) is 0 Å². The predicted octanol–water partition coefficient (Wildman–Crippen LogP) is 2.87. The minimum absolute atomic E-state index is 0.304. The van der Waals surface area contributed by atoms with E-state index >= 15 is 0 Å². The molecule has 3 unspecified atom stereocenters. The van der Waals surface area contributed by atoms with Gasteiger partial charge >= 0.3 is 0 Å². The summed E-state index contributed by atoms with van der Waals surface area (Å²) in [6.45, 7) is 10.8. The van der Waals surface area contributed by atoms with E-state index in [1.165, 1.54) is 51.7 Å². The van der Waals surface area contributed by atoms with Crippen LogP contribution in [0.15, 0.2) is 0 Å². The van der Waals surface area contributed by atoms with E-state index < -0.39 is 0 Å². The fraction of sp³-hybridized carbons (Fsp3) is 1.00. The van der Waals surface area contributed by atoms with Gasteiger partial charge in [-0.1, -0.05) is 33.6 Å². The molecule has 0 bridgehead atoms. The molecule has 0 amide bonds. The van der Waals surface area contributed by atoms with Gasteiger partial charge in [0.1, 0.15) is 0 Å². The molecule has 0 radical (unpaired) electrons. The second-order valence-corrected chi connectivity index (χ2v) is 7.26. The number of nitrogens with zero attached hydrogens (tertiary/aromatic N) is 1. The predicted molar refractivity (Wildman–Crippen MR) is 73.9 cm³/mol. The highest BCUT2D eigenvalue weighted by atomic mass is 15.1. The summed E-state index contributed by atoms with van der Waals surface area (Å²) in [7, 11) is 0. The monoisotopic (exact) mass is 238 g/mol. The van der Waals surface area contributed by atoms with Gasteiger partial charge in [-0.15, -0.1) is 0 Å². The van der Waals surface area contributed by atoms with E-state index in [-0.39, 0.29) is 0 Å². The number of hydrogen-bond acceptors (Lipinski definition) is 2. The molecule has 2 heteroatoms. The Morgan fingerprint density at radius 2 is 2.00 bits per heavy atom. The topological polar surface area (TPSA) is 29.3 Å². The van der Waals surface area contributed by atoms with Crippen LogP contribution in [-0.2, 0) is 0 Å². The summed E-state index contributed by atoms with van der Waals surface area (Å²) in [5, 5.41) is 0. The standard InChI is InChI=1S/C15H30N2/c1-12-5-4-6-13(9-12)10-17-8-7-14(16)15(2,3)11-17/h12-14H,4-11,16H2,1-3H3. The molecular weight excluding hydrogens is 208 g/mol. The van der Waals surface area contributed by atoms with Crippen LogP contribution < -0.4 is 5.73 Å². The molecule has 0 aromatic heterocycles. The Hall–Kier alpha value is -0.0800. The third kappa shape index (κ3) is 3.45. The summed E-state index contributed by atoms with van der Waals surface area (Å²) in [6.07, 6.45) is 6.97. The van der Waals surface area contributed by atoms with Crippen LogP contribution in [0.25, 0.3) is 0 Å². The molecule has 2 nitrogen and oxygen atoms in total. The summed E-state index contributed by atoms with van der Waals surface area (Å²) in [5.41, 5.74) is 6.51. The fourth-order valence-corrected chi connectivity index (χ4v) is 3.73. The van der Waals surface area contributed by atoms with E-state index in [2.05, 4.69) is 25.7 Å². The van der Waals surface area contributed by atoms with Crippen LogP contribution in [0.4, 0.5) is 0 Å². The molecule has 0 aromatic carbocycles. The first kappa shape index (κ1) is 13.4. The SMILES string of the molecule is CC1CCCC(CN2CCC(N)C(C)(C)C2)C1. The largest absolute Gasteiger partial charge is 0.327 e. The third-order valence-corrected chi connectivity index (χ3v) is 4.95. The van der Waals surface area contributed by atoms with Crippen molar-refractivity contribution in [1.29, 1.82) is 0 Å². The third-order valence-electron chi connectivity index (χ3n) is 4.95. The Labute approximate surface area is 107 Å². The normalized spacial score (nSPS) is 39.2. The Kier molecular flexibility index (Phi) is 4.14. The van der Waals surface area contributed by atoms with E-state index in [0.29, 0.717) is 11.5 Å². The molecule has 1 heterocycles. The molecule has 2 aliphatic rings. The van der Waals surface area contributed by atoms with Crippen LogP contribution in [0.2, 0.25) is 0 Å². The first-order chi connectivity index (χ1) is 7.97. The lowest BCUT2D eigenvalue weighted by Crippen LogP contribution is -2.53. The van der Waals surface area contributed by atoms with Crippen molar-refractivity contribution in [1.82, 2.24) is 4.90 Å². The molecule has 2 fully saturated rings. The molecule has 0 spiro atoms. The summed E-state index contributed by atoms with van der Waals surface area (Å²) in [5.74, 6) is 1.90. The lowest BCUT2D eigenvalue weighted by atomic mass is 9.78. The molecule has 2 rings (SSSR count). The maximum atomic E-state index is 6.20. The lowest BCUT2D eigenvalue weighted by Gasteiger charge is -2.44. The zero-order chi connectivity index (χ0) is 12.5. The number of likely N-dealkylation sites (tertiary alicyclic amines) is 1. The second-order valence-electron chi connectivity index (χ2n) is 7.26. The summed E-state index contributed by atoms with van der Waals surface area (Å²) >= 11 is 0. The van der Waals surface area contributed by atoms with E-state index in [0.717, 1.165) is 11.8 Å². The minimum Gasteiger partial charge on any atom is -0.327 e. The minimum atomic E-state index is 0.304. The average molecular weight is 238 g/mol. The lowest BCUT2D eigenvalue weighted by molar-refractivity contribution is 0.0719. The van der Waals surface area contributed by atoms with Gasteiger partial charge < -0.3 is 10.6 Å². The first-order valence-electron chi connectivity index (χ1n) is 7.45. The average Bonchev–Trinajstić information content (AvgIpc) is 2.23. The Bertz CT molecular complexity index is 249. The summed E-state index contributed by atoms with van der Waals surface area (Å²) in [4.78, 5) is 2.67. The Balaban J connectivity index is 1.83. The molecule has 3 atom stereocenters. The van der Waals surface area contributed by atoms with Crippen LogP contribution in [-0.4, -0.2) is 30.6 Å². The molecule has 2 N–H and O–H groups in total. The van der Waals surface area contributed by atoms with Crippen LogP contribution in [0.3, 0.4) is 0 Å². The Morgan fingerprint density at radius 1 is 1.24 bits per heavy atom. The number of rotatable bonds is 2. The Morgan fingerprint density at radius 3 is 2.65 bits per heavy atom. The molecule has 1 saturated heterocycles.